The Morgan fingerprint density at radius 3 is 2.68 bits per heavy atom. The van der Waals surface area contributed by atoms with E-state index in [0.29, 0.717) is 6.54 Å². The SMILES string of the molecule is COc1ccc([C@](C)(O)[C@@H]2CCCN2C(=O)Cc2ccn(C)n2)cc1. The van der Waals surface area contributed by atoms with Gasteiger partial charge in [0, 0.05) is 19.8 Å². The summed E-state index contributed by atoms with van der Waals surface area (Å²) in [5.74, 6) is 0.754. The molecule has 0 saturated carbocycles. The molecule has 1 fully saturated rings. The summed E-state index contributed by atoms with van der Waals surface area (Å²) in [6.07, 6.45) is 3.77. The third kappa shape index (κ3) is 3.54. The second-order valence-electron chi connectivity index (χ2n) is 6.78. The van der Waals surface area contributed by atoms with Gasteiger partial charge in [0.2, 0.25) is 5.91 Å². The quantitative estimate of drug-likeness (QED) is 0.900. The summed E-state index contributed by atoms with van der Waals surface area (Å²) in [4.78, 5) is 14.6. The third-order valence-corrected chi connectivity index (χ3v) is 5.00. The minimum absolute atomic E-state index is 0.00925. The highest BCUT2D eigenvalue weighted by Crippen LogP contribution is 2.35. The standard InChI is InChI=1S/C19H25N3O3/c1-19(24,14-6-8-16(25-3)9-7-14)17-5-4-11-22(17)18(23)13-15-10-12-21(2)20-15/h6-10,12,17,24H,4-5,11,13H2,1-3H3/t17-,19-/m0/s1. The highest BCUT2D eigenvalue weighted by Gasteiger charge is 2.42. The molecule has 1 aliphatic heterocycles. The van der Waals surface area contributed by atoms with Gasteiger partial charge in [-0.05, 0) is 43.5 Å². The molecule has 134 valence electrons. The summed E-state index contributed by atoms with van der Waals surface area (Å²) in [5.41, 5.74) is 0.431. The molecule has 0 unspecified atom stereocenters. The first kappa shape index (κ1) is 17.5. The molecule has 2 heterocycles. The van der Waals surface area contributed by atoms with Gasteiger partial charge >= 0.3 is 0 Å². The number of rotatable bonds is 5. The number of benzene rings is 1. The maximum atomic E-state index is 12.8. The normalized spacial score (nSPS) is 19.7. The molecule has 1 amide bonds. The van der Waals surface area contributed by atoms with Gasteiger partial charge in [0.1, 0.15) is 11.4 Å². The van der Waals surface area contributed by atoms with Crippen molar-refractivity contribution in [1.29, 1.82) is 0 Å². The van der Waals surface area contributed by atoms with E-state index in [1.807, 2.05) is 43.6 Å². The van der Waals surface area contributed by atoms with E-state index in [2.05, 4.69) is 5.10 Å². The van der Waals surface area contributed by atoms with Crippen molar-refractivity contribution in [2.75, 3.05) is 13.7 Å². The van der Waals surface area contributed by atoms with Crippen LogP contribution in [0, 0.1) is 0 Å². The molecule has 0 spiro atoms. The molecule has 1 aliphatic rings. The average molecular weight is 343 g/mol. The number of aryl methyl sites for hydroxylation is 1. The van der Waals surface area contributed by atoms with E-state index < -0.39 is 5.60 Å². The Balaban J connectivity index is 1.77. The van der Waals surface area contributed by atoms with Gasteiger partial charge < -0.3 is 14.7 Å². The fraction of sp³-hybridized carbons (Fsp3) is 0.474. The second-order valence-corrected chi connectivity index (χ2v) is 6.78. The van der Waals surface area contributed by atoms with E-state index in [0.717, 1.165) is 29.8 Å². The van der Waals surface area contributed by atoms with Gasteiger partial charge in [-0.25, -0.2) is 0 Å². The summed E-state index contributed by atoms with van der Waals surface area (Å²) in [6, 6.07) is 9.00. The van der Waals surface area contributed by atoms with Crippen LogP contribution in [0.3, 0.4) is 0 Å². The third-order valence-electron chi connectivity index (χ3n) is 5.00. The Bertz CT molecular complexity index is 737. The molecule has 2 atom stereocenters. The first-order valence-corrected chi connectivity index (χ1v) is 8.56. The van der Waals surface area contributed by atoms with Crippen molar-refractivity contribution in [3.05, 3.63) is 47.8 Å². The van der Waals surface area contributed by atoms with Crippen molar-refractivity contribution < 1.29 is 14.6 Å². The summed E-state index contributed by atoms with van der Waals surface area (Å²) in [5, 5.41) is 15.5. The Morgan fingerprint density at radius 2 is 2.08 bits per heavy atom. The van der Waals surface area contributed by atoms with Crippen molar-refractivity contribution in [2.45, 2.75) is 37.8 Å². The Labute approximate surface area is 148 Å². The molecule has 0 bridgehead atoms. The lowest BCUT2D eigenvalue weighted by atomic mass is 9.86. The summed E-state index contributed by atoms with van der Waals surface area (Å²) in [6.45, 7) is 2.45. The van der Waals surface area contributed by atoms with Gasteiger partial charge in [-0.15, -0.1) is 0 Å². The monoisotopic (exact) mass is 343 g/mol. The zero-order valence-electron chi connectivity index (χ0n) is 15.0. The molecule has 6 nitrogen and oxygen atoms in total. The predicted molar refractivity (Wildman–Crippen MR) is 94.2 cm³/mol. The summed E-state index contributed by atoms with van der Waals surface area (Å²) in [7, 11) is 3.45. The van der Waals surface area contributed by atoms with Crippen molar-refractivity contribution in [1.82, 2.24) is 14.7 Å². The van der Waals surface area contributed by atoms with Gasteiger partial charge in [-0.3, -0.25) is 9.48 Å². The van der Waals surface area contributed by atoms with Crippen molar-refractivity contribution in [3.63, 3.8) is 0 Å². The minimum Gasteiger partial charge on any atom is -0.497 e. The number of carbonyl (C=O) groups excluding carboxylic acids is 1. The smallest absolute Gasteiger partial charge is 0.229 e. The Kier molecular flexibility index (Phi) is 4.81. The summed E-state index contributed by atoms with van der Waals surface area (Å²) >= 11 is 0. The molecule has 0 aliphatic carbocycles. The van der Waals surface area contributed by atoms with Crippen LogP contribution < -0.4 is 4.74 Å². The largest absolute Gasteiger partial charge is 0.497 e. The van der Waals surface area contributed by atoms with Crippen LogP contribution in [-0.2, 0) is 23.9 Å². The number of hydrogen-bond acceptors (Lipinski definition) is 4. The van der Waals surface area contributed by atoms with Crippen LogP contribution in [0.2, 0.25) is 0 Å². The lowest BCUT2D eigenvalue weighted by Gasteiger charge is -2.37. The average Bonchev–Trinajstić information content (AvgIpc) is 3.24. The zero-order valence-corrected chi connectivity index (χ0v) is 15.0. The topological polar surface area (TPSA) is 67.6 Å². The maximum Gasteiger partial charge on any atom is 0.229 e. The van der Waals surface area contributed by atoms with E-state index in [-0.39, 0.29) is 18.4 Å². The Morgan fingerprint density at radius 1 is 1.36 bits per heavy atom. The van der Waals surface area contributed by atoms with Gasteiger partial charge in [0.15, 0.2) is 0 Å². The molecular weight excluding hydrogens is 318 g/mol. The second kappa shape index (κ2) is 6.88. The van der Waals surface area contributed by atoms with Crippen LogP contribution in [-0.4, -0.2) is 45.4 Å². The Hall–Kier alpha value is -2.34. The van der Waals surface area contributed by atoms with Crippen LogP contribution in [0.15, 0.2) is 36.5 Å². The van der Waals surface area contributed by atoms with Crippen molar-refractivity contribution >= 4 is 5.91 Å². The number of aliphatic hydroxyl groups is 1. The van der Waals surface area contributed by atoms with Gasteiger partial charge in [-0.2, -0.15) is 5.10 Å². The predicted octanol–water partition coefficient (Wildman–Crippen LogP) is 1.87. The first-order valence-electron chi connectivity index (χ1n) is 8.56. The van der Waals surface area contributed by atoms with Crippen molar-refractivity contribution in [3.8, 4) is 5.75 Å². The number of methoxy groups -OCH3 is 1. The number of aromatic nitrogens is 2. The molecule has 3 rings (SSSR count). The van der Waals surface area contributed by atoms with Crippen LogP contribution in [0.5, 0.6) is 5.75 Å². The summed E-state index contributed by atoms with van der Waals surface area (Å²) < 4.78 is 6.87. The van der Waals surface area contributed by atoms with E-state index >= 15 is 0 Å². The van der Waals surface area contributed by atoms with E-state index in [9.17, 15) is 9.90 Å². The number of ether oxygens (including phenoxy) is 1. The van der Waals surface area contributed by atoms with E-state index in [1.54, 1.807) is 23.6 Å². The maximum absolute atomic E-state index is 12.8. The highest BCUT2D eigenvalue weighted by molar-refractivity contribution is 5.79. The molecule has 25 heavy (non-hydrogen) atoms. The van der Waals surface area contributed by atoms with Gasteiger partial charge in [0.25, 0.3) is 0 Å². The molecule has 1 saturated heterocycles. The molecule has 2 aromatic rings. The van der Waals surface area contributed by atoms with Crippen LogP contribution in [0.1, 0.15) is 31.0 Å². The molecule has 0 radical (unpaired) electrons. The first-order chi connectivity index (χ1) is 11.9. The molecule has 1 aromatic carbocycles. The number of hydrogen-bond donors (Lipinski definition) is 1. The number of amides is 1. The highest BCUT2D eigenvalue weighted by atomic mass is 16.5. The van der Waals surface area contributed by atoms with Crippen LogP contribution in [0.25, 0.3) is 0 Å². The van der Waals surface area contributed by atoms with Gasteiger partial charge in [-0.1, -0.05) is 12.1 Å². The number of nitrogens with zero attached hydrogens (tertiary/aromatic N) is 3. The van der Waals surface area contributed by atoms with E-state index in [4.69, 9.17) is 4.74 Å². The number of carbonyl (C=O) groups is 1. The van der Waals surface area contributed by atoms with Gasteiger partial charge in [0.05, 0.1) is 25.3 Å². The lowest BCUT2D eigenvalue weighted by Crippen LogP contribution is -2.48. The molecule has 6 heteroatoms. The zero-order chi connectivity index (χ0) is 18.0. The molecular formula is C19H25N3O3. The van der Waals surface area contributed by atoms with Crippen molar-refractivity contribution in [2.24, 2.45) is 7.05 Å². The minimum atomic E-state index is -1.11. The molecule has 1 N–H and O–H groups in total. The lowest BCUT2D eigenvalue weighted by molar-refractivity contribution is -0.137. The molecule has 1 aromatic heterocycles. The van der Waals surface area contributed by atoms with Crippen LogP contribution >= 0.6 is 0 Å². The fourth-order valence-electron chi connectivity index (χ4n) is 3.58. The van der Waals surface area contributed by atoms with Crippen LogP contribution in [0.4, 0.5) is 0 Å². The number of likely N-dealkylation sites (tertiary alicyclic amines) is 1. The fourth-order valence-corrected chi connectivity index (χ4v) is 3.58. The van der Waals surface area contributed by atoms with E-state index in [1.165, 1.54) is 0 Å².